The fourth-order valence-electron chi connectivity index (χ4n) is 3.94. The second-order valence-corrected chi connectivity index (χ2v) is 6.39. The molecule has 2 rings (SSSR count). The van der Waals surface area contributed by atoms with Crippen molar-refractivity contribution in [1.29, 1.82) is 0 Å². The van der Waals surface area contributed by atoms with Crippen molar-refractivity contribution in [3.05, 3.63) is 12.2 Å². The second kappa shape index (κ2) is 4.52. The maximum atomic E-state index is 10.0. The molecule has 1 nitrogen and oxygen atoms in total. The minimum Gasteiger partial charge on any atom is -0.393 e. The molecule has 2 aliphatic carbocycles. The molecule has 0 aromatic rings. The molecule has 2 fully saturated rings. The van der Waals surface area contributed by atoms with Gasteiger partial charge in [-0.25, -0.2) is 0 Å². The van der Waals surface area contributed by atoms with Gasteiger partial charge in [0.05, 0.1) is 6.10 Å². The van der Waals surface area contributed by atoms with Crippen molar-refractivity contribution >= 4 is 0 Å². The molecular weight excluding hydrogens is 196 g/mol. The van der Waals surface area contributed by atoms with E-state index in [9.17, 15) is 5.11 Å². The Kier molecular flexibility index (Phi) is 3.44. The van der Waals surface area contributed by atoms with E-state index < -0.39 is 0 Å². The lowest BCUT2D eigenvalue weighted by Crippen LogP contribution is -2.42. The second-order valence-electron chi connectivity index (χ2n) is 6.39. The maximum absolute atomic E-state index is 10.0. The van der Waals surface area contributed by atoms with E-state index >= 15 is 0 Å². The summed E-state index contributed by atoms with van der Waals surface area (Å²) in [5.74, 6) is 3.51. The number of hydrogen-bond donors (Lipinski definition) is 1. The van der Waals surface area contributed by atoms with E-state index in [-0.39, 0.29) is 6.10 Å². The van der Waals surface area contributed by atoms with Crippen LogP contribution in [0, 0.1) is 29.6 Å². The van der Waals surface area contributed by atoms with Gasteiger partial charge in [-0.15, -0.1) is 0 Å². The first kappa shape index (κ1) is 12.2. The number of fused-ring (bicyclic) bond motifs is 1. The third kappa shape index (κ3) is 2.07. The van der Waals surface area contributed by atoms with Crippen molar-refractivity contribution in [3.63, 3.8) is 0 Å². The van der Waals surface area contributed by atoms with Crippen LogP contribution in [0.2, 0.25) is 0 Å². The highest BCUT2D eigenvalue weighted by Crippen LogP contribution is 2.49. The molecule has 0 heterocycles. The molecule has 92 valence electrons. The summed E-state index contributed by atoms with van der Waals surface area (Å²) < 4.78 is 0. The molecule has 1 heteroatoms. The Labute approximate surface area is 99.9 Å². The lowest BCUT2D eigenvalue weighted by Gasteiger charge is -2.47. The number of hydrogen-bond acceptors (Lipinski definition) is 1. The molecule has 1 N–H and O–H groups in total. The van der Waals surface area contributed by atoms with Crippen LogP contribution in [0.15, 0.2) is 12.2 Å². The monoisotopic (exact) mass is 222 g/mol. The van der Waals surface area contributed by atoms with Crippen LogP contribution in [-0.4, -0.2) is 11.2 Å². The summed E-state index contributed by atoms with van der Waals surface area (Å²) in [6.07, 6.45) is 4.58. The Bertz CT molecular complexity index is 269. The van der Waals surface area contributed by atoms with Crippen LogP contribution in [0.4, 0.5) is 0 Å². The van der Waals surface area contributed by atoms with E-state index in [1.807, 2.05) is 0 Å². The van der Waals surface area contributed by atoms with Gasteiger partial charge in [0.15, 0.2) is 0 Å². The van der Waals surface area contributed by atoms with Gasteiger partial charge >= 0.3 is 0 Å². The van der Waals surface area contributed by atoms with Crippen LogP contribution < -0.4 is 0 Å². The standard InChI is InChI=1S/C15H26O/c1-9(2)12-6-5-10(3)13-8-15(16)11(4)7-14(12)13/h9,11-16H,3,5-8H2,1-2,4H3. The van der Waals surface area contributed by atoms with E-state index in [1.165, 1.54) is 24.8 Å². The number of aliphatic hydroxyl groups is 1. The lowest BCUT2D eigenvalue weighted by molar-refractivity contribution is -0.00556. The number of rotatable bonds is 1. The van der Waals surface area contributed by atoms with Crippen LogP contribution in [0.3, 0.4) is 0 Å². The highest BCUT2D eigenvalue weighted by molar-refractivity contribution is 5.11. The molecule has 2 saturated carbocycles. The van der Waals surface area contributed by atoms with Crippen molar-refractivity contribution in [2.24, 2.45) is 29.6 Å². The molecule has 0 spiro atoms. The Balaban J connectivity index is 2.17. The van der Waals surface area contributed by atoms with E-state index in [0.717, 1.165) is 24.2 Å². The first-order chi connectivity index (χ1) is 7.50. The summed E-state index contributed by atoms with van der Waals surface area (Å²) >= 11 is 0. The van der Waals surface area contributed by atoms with E-state index in [2.05, 4.69) is 27.4 Å². The summed E-state index contributed by atoms with van der Waals surface area (Å²) in [5.41, 5.74) is 1.41. The zero-order chi connectivity index (χ0) is 11.9. The topological polar surface area (TPSA) is 20.2 Å². The van der Waals surface area contributed by atoms with Crippen molar-refractivity contribution < 1.29 is 5.11 Å². The van der Waals surface area contributed by atoms with Gasteiger partial charge in [-0.3, -0.25) is 0 Å². The average molecular weight is 222 g/mol. The molecule has 2 aliphatic rings. The minimum absolute atomic E-state index is 0.0936. The molecule has 0 amide bonds. The Morgan fingerprint density at radius 1 is 1.31 bits per heavy atom. The maximum Gasteiger partial charge on any atom is 0.0571 e. The molecule has 0 bridgehead atoms. The molecule has 16 heavy (non-hydrogen) atoms. The van der Waals surface area contributed by atoms with E-state index in [0.29, 0.717) is 11.8 Å². The molecule has 0 aliphatic heterocycles. The summed E-state index contributed by atoms with van der Waals surface area (Å²) in [5, 5.41) is 10.0. The first-order valence-corrected chi connectivity index (χ1v) is 6.86. The highest BCUT2D eigenvalue weighted by atomic mass is 16.3. The van der Waals surface area contributed by atoms with E-state index in [4.69, 9.17) is 0 Å². The quantitative estimate of drug-likeness (QED) is 0.672. The van der Waals surface area contributed by atoms with Gasteiger partial charge in [0, 0.05) is 0 Å². The van der Waals surface area contributed by atoms with Gasteiger partial charge in [0.25, 0.3) is 0 Å². The molecule has 0 radical (unpaired) electrons. The zero-order valence-electron chi connectivity index (χ0n) is 10.9. The van der Waals surface area contributed by atoms with Crippen LogP contribution in [0.1, 0.15) is 46.5 Å². The Hall–Kier alpha value is -0.300. The minimum atomic E-state index is -0.0936. The average Bonchev–Trinajstić information content (AvgIpc) is 2.21. The molecule has 5 unspecified atom stereocenters. The summed E-state index contributed by atoms with van der Waals surface area (Å²) in [7, 11) is 0. The fraction of sp³-hybridized carbons (Fsp3) is 0.867. The van der Waals surface area contributed by atoms with Gasteiger partial charge in [-0.1, -0.05) is 32.9 Å². The van der Waals surface area contributed by atoms with Crippen molar-refractivity contribution in [2.45, 2.75) is 52.6 Å². The van der Waals surface area contributed by atoms with Crippen molar-refractivity contribution in [1.82, 2.24) is 0 Å². The molecule has 0 saturated heterocycles. The van der Waals surface area contributed by atoms with E-state index in [1.54, 1.807) is 0 Å². The van der Waals surface area contributed by atoms with Gasteiger partial charge in [0.2, 0.25) is 0 Å². The van der Waals surface area contributed by atoms with Crippen LogP contribution in [0.5, 0.6) is 0 Å². The molecule has 0 aromatic carbocycles. The van der Waals surface area contributed by atoms with Crippen molar-refractivity contribution in [3.8, 4) is 0 Å². The Morgan fingerprint density at radius 3 is 2.62 bits per heavy atom. The number of aliphatic hydroxyl groups excluding tert-OH is 1. The van der Waals surface area contributed by atoms with Crippen LogP contribution >= 0.6 is 0 Å². The fourth-order valence-corrected chi connectivity index (χ4v) is 3.94. The Morgan fingerprint density at radius 2 is 2.00 bits per heavy atom. The van der Waals surface area contributed by atoms with Gasteiger partial charge in [-0.2, -0.15) is 0 Å². The molecular formula is C15H26O. The third-order valence-corrected chi connectivity index (χ3v) is 5.04. The summed E-state index contributed by atoms with van der Waals surface area (Å²) in [6.45, 7) is 11.2. The SMILES string of the molecule is C=C1CCC(C(C)C)C2CC(C)C(O)CC12. The van der Waals surface area contributed by atoms with Crippen molar-refractivity contribution in [2.75, 3.05) is 0 Å². The predicted molar refractivity (Wildman–Crippen MR) is 68.1 cm³/mol. The van der Waals surface area contributed by atoms with Crippen LogP contribution in [0.25, 0.3) is 0 Å². The predicted octanol–water partition coefficient (Wildman–Crippen LogP) is 3.63. The molecule has 0 aromatic heterocycles. The lowest BCUT2D eigenvalue weighted by atomic mass is 9.58. The first-order valence-electron chi connectivity index (χ1n) is 6.86. The smallest absolute Gasteiger partial charge is 0.0571 e. The van der Waals surface area contributed by atoms with Gasteiger partial charge in [0.1, 0.15) is 0 Å². The number of allylic oxidation sites excluding steroid dienone is 1. The summed E-state index contributed by atoms with van der Waals surface area (Å²) in [4.78, 5) is 0. The zero-order valence-corrected chi connectivity index (χ0v) is 10.9. The van der Waals surface area contributed by atoms with Crippen LogP contribution in [-0.2, 0) is 0 Å². The largest absolute Gasteiger partial charge is 0.393 e. The third-order valence-electron chi connectivity index (χ3n) is 5.04. The summed E-state index contributed by atoms with van der Waals surface area (Å²) in [6, 6.07) is 0. The highest BCUT2D eigenvalue weighted by Gasteiger charge is 2.42. The van der Waals surface area contributed by atoms with Gasteiger partial charge in [-0.05, 0) is 55.3 Å². The molecule has 5 atom stereocenters. The normalized spacial score (nSPS) is 44.6. The van der Waals surface area contributed by atoms with Gasteiger partial charge < -0.3 is 5.11 Å².